The van der Waals surface area contributed by atoms with Gasteiger partial charge in [0.1, 0.15) is 12.4 Å². The molecule has 0 bridgehead atoms. The monoisotopic (exact) mass is 290 g/mol. The van der Waals surface area contributed by atoms with Crippen LogP contribution in [-0.2, 0) is 19.7 Å². The van der Waals surface area contributed by atoms with Crippen LogP contribution in [0.5, 0.6) is 5.75 Å². The molecular weight excluding hydrogens is 268 g/mol. The highest BCUT2D eigenvalue weighted by molar-refractivity contribution is 5.81. The van der Waals surface area contributed by atoms with Crippen LogP contribution in [0.25, 0.3) is 0 Å². The molecule has 0 aliphatic heterocycles. The fourth-order valence-corrected chi connectivity index (χ4v) is 1.65. The number of carbonyl (C=O) groups excluding carboxylic acids is 2. The number of benzene rings is 1. The van der Waals surface area contributed by atoms with Gasteiger partial charge in [-0.05, 0) is 29.5 Å². The van der Waals surface area contributed by atoms with Gasteiger partial charge in [-0.25, -0.2) is 4.79 Å². The van der Waals surface area contributed by atoms with Crippen LogP contribution < -0.4 is 4.74 Å². The molecular formula is C17H22O4. The number of rotatable bonds is 7. The molecule has 4 heteroatoms. The lowest BCUT2D eigenvalue weighted by Crippen LogP contribution is -2.15. The SMILES string of the molecule is C=CC(=O)OCCC(=O)Oc1ccc(C(C)(C)CC)cc1. The fourth-order valence-electron chi connectivity index (χ4n) is 1.65. The van der Waals surface area contributed by atoms with E-state index in [9.17, 15) is 9.59 Å². The molecule has 1 rings (SSSR count). The third kappa shape index (κ3) is 5.42. The molecule has 0 aromatic heterocycles. The van der Waals surface area contributed by atoms with Crippen molar-refractivity contribution in [1.29, 1.82) is 0 Å². The first-order chi connectivity index (χ1) is 9.89. The standard InChI is InChI=1S/C17H22O4/c1-5-15(18)20-12-11-16(19)21-14-9-7-13(8-10-14)17(3,4)6-2/h5,7-10H,1,6,11-12H2,2-4H3. The summed E-state index contributed by atoms with van der Waals surface area (Å²) in [6, 6.07) is 7.48. The lowest BCUT2D eigenvalue weighted by molar-refractivity contribution is -0.141. The highest BCUT2D eigenvalue weighted by Gasteiger charge is 2.17. The Kier molecular flexibility index (Phi) is 6.15. The maximum atomic E-state index is 11.6. The smallest absolute Gasteiger partial charge is 0.330 e. The van der Waals surface area contributed by atoms with Gasteiger partial charge in [0.05, 0.1) is 6.42 Å². The van der Waals surface area contributed by atoms with E-state index in [0.717, 1.165) is 12.5 Å². The number of carbonyl (C=O) groups is 2. The van der Waals surface area contributed by atoms with E-state index in [1.807, 2.05) is 12.1 Å². The van der Waals surface area contributed by atoms with Crippen molar-refractivity contribution < 1.29 is 19.1 Å². The van der Waals surface area contributed by atoms with Crippen molar-refractivity contribution in [2.45, 2.75) is 39.0 Å². The second kappa shape index (κ2) is 7.62. The Bertz CT molecular complexity index is 500. The largest absolute Gasteiger partial charge is 0.462 e. The summed E-state index contributed by atoms with van der Waals surface area (Å²) in [7, 11) is 0. The van der Waals surface area contributed by atoms with Crippen LogP contribution in [0.15, 0.2) is 36.9 Å². The molecule has 114 valence electrons. The van der Waals surface area contributed by atoms with Crippen LogP contribution in [0, 0.1) is 0 Å². The van der Waals surface area contributed by atoms with E-state index in [4.69, 9.17) is 9.47 Å². The highest BCUT2D eigenvalue weighted by atomic mass is 16.5. The normalized spacial score (nSPS) is 10.8. The van der Waals surface area contributed by atoms with Gasteiger partial charge in [-0.3, -0.25) is 4.79 Å². The van der Waals surface area contributed by atoms with Crippen molar-refractivity contribution in [3.8, 4) is 5.75 Å². The number of hydrogen-bond acceptors (Lipinski definition) is 4. The third-order valence-electron chi connectivity index (χ3n) is 3.47. The van der Waals surface area contributed by atoms with Crippen LogP contribution in [0.2, 0.25) is 0 Å². The second-order valence-electron chi connectivity index (χ2n) is 5.36. The molecule has 0 saturated carbocycles. The predicted molar refractivity (Wildman–Crippen MR) is 81.2 cm³/mol. The lowest BCUT2D eigenvalue weighted by atomic mass is 9.82. The summed E-state index contributed by atoms with van der Waals surface area (Å²) in [6.45, 7) is 9.74. The second-order valence-corrected chi connectivity index (χ2v) is 5.36. The molecule has 0 fully saturated rings. The van der Waals surface area contributed by atoms with E-state index >= 15 is 0 Å². The molecule has 0 atom stereocenters. The van der Waals surface area contributed by atoms with E-state index in [1.54, 1.807) is 12.1 Å². The van der Waals surface area contributed by atoms with Crippen molar-refractivity contribution >= 4 is 11.9 Å². The third-order valence-corrected chi connectivity index (χ3v) is 3.47. The molecule has 1 aromatic rings. The first kappa shape index (κ1) is 17.0. The summed E-state index contributed by atoms with van der Waals surface area (Å²) in [5.41, 5.74) is 1.30. The lowest BCUT2D eigenvalue weighted by Gasteiger charge is -2.23. The van der Waals surface area contributed by atoms with Crippen molar-refractivity contribution in [2.75, 3.05) is 6.61 Å². The van der Waals surface area contributed by atoms with Crippen molar-refractivity contribution in [2.24, 2.45) is 0 Å². The van der Waals surface area contributed by atoms with Crippen molar-refractivity contribution in [3.05, 3.63) is 42.5 Å². The number of esters is 2. The molecule has 0 radical (unpaired) electrons. The first-order valence-electron chi connectivity index (χ1n) is 6.99. The minimum Gasteiger partial charge on any atom is -0.462 e. The van der Waals surface area contributed by atoms with E-state index < -0.39 is 11.9 Å². The first-order valence-corrected chi connectivity index (χ1v) is 6.99. The van der Waals surface area contributed by atoms with Gasteiger partial charge < -0.3 is 9.47 Å². The Morgan fingerprint density at radius 1 is 1.24 bits per heavy atom. The summed E-state index contributed by atoms with van der Waals surface area (Å²) < 4.78 is 9.90. The zero-order chi connectivity index (χ0) is 15.9. The average Bonchev–Trinajstić information content (AvgIpc) is 2.47. The van der Waals surface area contributed by atoms with Crippen molar-refractivity contribution in [3.63, 3.8) is 0 Å². The Morgan fingerprint density at radius 3 is 2.38 bits per heavy atom. The Labute approximate surface area is 125 Å². The molecule has 0 aliphatic carbocycles. The van der Waals surface area contributed by atoms with E-state index in [0.29, 0.717) is 5.75 Å². The number of hydrogen-bond donors (Lipinski definition) is 0. The van der Waals surface area contributed by atoms with Crippen molar-refractivity contribution in [1.82, 2.24) is 0 Å². The molecule has 0 saturated heterocycles. The molecule has 4 nitrogen and oxygen atoms in total. The van der Waals surface area contributed by atoms with Crippen LogP contribution in [0.4, 0.5) is 0 Å². The maximum absolute atomic E-state index is 11.6. The molecule has 21 heavy (non-hydrogen) atoms. The van der Waals surface area contributed by atoms with Crippen LogP contribution >= 0.6 is 0 Å². The Hall–Kier alpha value is -2.10. The highest BCUT2D eigenvalue weighted by Crippen LogP contribution is 2.28. The van der Waals surface area contributed by atoms with Crippen LogP contribution in [0.1, 0.15) is 39.2 Å². The van der Waals surface area contributed by atoms with E-state index in [2.05, 4.69) is 27.4 Å². The van der Waals surface area contributed by atoms with Gasteiger partial charge in [-0.15, -0.1) is 0 Å². The van der Waals surface area contributed by atoms with Gasteiger partial charge in [0.25, 0.3) is 0 Å². The van der Waals surface area contributed by atoms with E-state index in [1.165, 1.54) is 5.56 Å². The maximum Gasteiger partial charge on any atom is 0.330 e. The Morgan fingerprint density at radius 2 is 1.86 bits per heavy atom. The number of ether oxygens (including phenoxy) is 2. The fraction of sp³-hybridized carbons (Fsp3) is 0.412. The van der Waals surface area contributed by atoms with Crippen LogP contribution in [0.3, 0.4) is 0 Å². The van der Waals surface area contributed by atoms with Gasteiger partial charge in [0.2, 0.25) is 0 Å². The molecule has 0 unspecified atom stereocenters. The van der Waals surface area contributed by atoms with Crippen LogP contribution in [-0.4, -0.2) is 18.5 Å². The molecule has 0 N–H and O–H groups in total. The average molecular weight is 290 g/mol. The molecule has 1 aromatic carbocycles. The summed E-state index contributed by atoms with van der Waals surface area (Å²) in [4.78, 5) is 22.4. The zero-order valence-corrected chi connectivity index (χ0v) is 12.8. The zero-order valence-electron chi connectivity index (χ0n) is 12.8. The minimum atomic E-state index is -0.547. The molecule has 0 amide bonds. The topological polar surface area (TPSA) is 52.6 Å². The summed E-state index contributed by atoms with van der Waals surface area (Å²) >= 11 is 0. The van der Waals surface area contributed by atoms with Gasteiger partial charge in [0.15, 0.2) is 0 Å². The van der Waals surface area contributed by atoms with Gasteiger partial charge >= 0.3 is 11.9 Å². The summed E-state index contributed by atoms with van der Waals surface area (Å²) in [6.07, 6.45) is 2.10. The minimum absolute atomic E-state index is 0.00929. The molecule has 0 spiro atoms. The molecule has 0 aliphatic rings. The van der Waals surface area contributed by atoms with Gasteiger partial charge in [-0.2, -0.15) is 0 Å². The predicted octanol–water partition coefficient (Wildman–Crippen LogP) is 3.40. The van der Waals surface area contributed by atoms with Gasteiger partial charge in [-0.1, -0.05) is 39.5 Å². The quantitative estimate of drug-likeness (QED) is 0.439. The summed E-state index contributed by atoms with van der Waals surface area (Å²) in [5.74, 6) is -0.492. The Balaban J connectivity index is 2.50. The van der Waals surface area contributed by atoms with Gasteiger partial charge in [0, 0.05) is 6.08 Å². The summed E-state index contributed by atoms with van der Waals surface area (Å²) in [5, 5.41) is 0. The molecule has 0 heterocycles. The van der Waals surface area contributed by atoms with E-state index in [-0.39, 0.29) is 18.4 Å².